The van der Waals surface area contributed by atoms with Gasteiger partial charge in [0.25, 0.3) is 6.43 Å². The Labute approximate surface area is 105 Å². The van der Waals surface area contributed by atoms with Crippen molar-refractivity contribution < 1.29 is 8.78 Å². The molecular weight excluding hydrogens is 236 g/mol. The topological polar surface area (TPSA) is 29.3 Å². The van der Waals surface area contributed by atoms with Gasteiger partial charge in [-0.1, -0.05) is 25.8 Å². The number of pyridine rings is 1. The minimum Gasteiger partial charge on any atom is -0.371 e. The first-order valence-corrected chi connectivity index (χ1v) is 6.22. The molecule has 3 nitrogen and oxygen atoms in total. The molecule has 0 aliphatic rings. The number of rotatable bonds is 6. The standard InChI is InChI=1S/C13H17F2N3/c1-2-3-4-8-16-11-6-5-7-12-17-10(13(14)15)9-18(11)12/h5-7,9,13,16H,2-4,8H2,1H3. The maximum Gasteiger partial charge on any atom is 0.281 e. The van der Waals surface area contributed by atoms with E-state index in [1.165, 1.54) is 6.20 Å². The van der Waals surface area contributed by atoms with Gasteiger partial charge in [-0.05, 0) is 18.6 Å². The first-order valence-electron chi connectivity index (χ1n) is 6.22. The number of imidazole rings is 1. The maximum absolute atomic E-state index is 12.6. The van der Waals surface area contributed by atoms with E-state index in [1.807, 2.05) is 12.1 Å². The van der Waals surface area contributed by atoms with Gasteiger partial charge in [0.1, 0.15) is 17.2 Å². The van der Waals surface area contributed by atoms with Crippen LogP contribution in [-0.2, 0) is 0 Å². The van der Waals surface area contributed by atoms with E-state index in [-0.39, 0.29) is 5.69 Å². The van der Waals surface area contributed by atoms with Gasteiger partial charge in [-0.2, -0.15) is 0 Å². The maximum atomic E-state index is 12.6. The lowest BCUT2D eigenvalue weighted by Crippen LogP contribution is -2.05. The molecule has 0 saturated carbocycles. The molecule has 0 saturated heterocycles. The quantitative estimate of drug-likeness (QED) is 0.792. The highest BCUT2D eigenvalue weighted by molar-refractivity contribution is 5.51. The predicted molar refractivity (Wildman–Crippen MR) is 68.2 cm³/mol. The van der Waals surface area contributed by atoms with Crippen LogP contribution < -0.4 is 5.32 Å². The lowest BCUT2D eigenvalue weighted by atomic mass is 10.2. The molecule has 0 fully saturated rings. The fraction of sp³-hybridized carbons (Fsp3) is 0.462. The van der Waals surface area contributed by atoms with Gasteiger partial charge in [0.05, 0.1) is 0 Å². The molecule has 2 aromatic heterocycles. The van der Waals surface area contributed by atoms with Crippen molar-refractivity contribution in [1.29, 1.82) is 0 Å². The second-order valence-electron chi connectivity index (χ2n) is 4.24. The van der Waals surface area contributed by atoms with Crippen molar-refractivity contribution in [2.75, 3.05) is 11.9 Å². The summed E-state index contributed by atoms with van der Waals surface area (Å²) >= 11 is 0. The fourth-order valence-corrected chi connectivity index (χ4v) is 1.87. The number of aromatic nitrogens is 2. The number of hydrogen-bond acceptors (Lipinski definition) is 2. The summed E-state index contributed by atoms with van der Waals surface area (Å²) < 4.78 is 26.9. The minimum absolute atomic E-state index is 0.183. The largest absolute Gasteiger partial charge is 0.371 e. The van der Waals surface area contributed by atoms with E-state index in [2.05, 4.69) is 17.2 Å². The fourth-order valence-electron chi connectivity index (χ4n) is 1.87. The van der Waals surface area contributed by atoms with Crippen LogP contribution in [0.4, 0.5) is 14.6 Å². The third-order valence-corrected chi connectivity index (χ3v) is 2.82. The highest BCUT2D eigenvalue weighted by Crippen LogP contribution is 2.20. The highest BCUT2D eigenvalue weighted by Gasteiger charge is 2.12. The van der Waals surface area contributed by atoms with E-state index in [1.54, 1.807) is 10.5 Å². The molecule has 2 rings (SSSR count). The summed E-state index contributed by atoms with van der Waals surface area (Å²) in [4.78, 5) is 3.89. The summed E-state index contributed by atoms with van der Waals surface area (Å²) in [6.45, 7) is 2.99. The molecule has 2 heterocycles. The van der Waals surface area contributed by atoms with Crippen LogP contribution in [0.3, 0.4) is 0 Å². The van der Waals surface area contributed by atoms with Gasteiger partial charge in [-0.15, -0.1) is 0 Å². The lowest BCUT2D eigenvalue weighted by molar-refractivity contribution is 0.147. The van der Waals surface area contributed by atoms with Crippen LogP contribution in [0.25, 0.3) is 5.65 Å². The van der Waals surface area contributed by atoms with Gasteiger partial charge in [0, 0.05) is 12.7 Å². The molecule has 1 N–H and O–H groups in total. The van der Waals surface area contributed by atoms with E-state index in [0.29, 0.717) is 5.65 Å². The second-order valence-corrected chi connectivity index (χ2v) is 4.24. The van der Waals surface area contributed by atoms with Crippen molar-refractivity contribution >= 4 is 11.5 Å². The molecule has 0 aliphatic heterocycles. The van der Waals surface area contributed by atoms with Gasteiger partial charge < -0.3 is 5.32 Å². The molecule has 0 atom stereocenters. The number of anilines is 1. The Morgan fingerprint density at radius 1 is 1.33 bits per heavy atom. The molecule has 98 valence electrons. The number of alkyl halides is 2. The van der Waals surface area contributed by atoms with Crippen molar-refractivity contribution in [2.24, 2.45) is 0 Å². The number of unbranched alkanes of at least 4 members (excludes halogenated alkanes) is 2. The third-order valence-electron chi connectivity index (χ3n) is 2.82. The summed E-state index contributed by atoms with van der Waals surface area (Å²) in [6, 6.07) is 5.42. The Morgan fingerprint density at radius 3 is 2.89 bits per heavy atom. The van der Waals surface area contributed by atoms with E-state index >= 15 is 0 Å². The van der Waals surface area contributed by atoms with Crippen molar-refractivity contribution in [3.8, 4) is 0 Å². The van der Waals surface area contributed by atoms with Gasteiger partial charge >= 0.3 is 0 Å². The smallest absolute Gasteiger partial charge is 0.281 e. The zero-order valence-electron chi connectivity index (χ0n) is 10.4. The van der Waals surface area contributed by atoms with Crippen molar-refractivity contribution in [2.45, 2.75) is 32.6 Å². The summed E-state index contributed by atoms with van der Waals surface area (Å²) in [6.07, 6.45) is 2.26. The molecule has 18 heavy (non-hydrogen) atoms. The van der Waals surface area contributed by atoms with Crippen molar-refractivity contribution in [3.05, 3.63) is 30.1 Å². The molecule has 0 bridgehead atoms. The van der Waals surface area contributed by atoms with Gasteiger partial charge in [0.15, 0.2) is 0 Å². The Hall–Kier alpha value is -1.65. The molecule has 0 aliphatic carbocycles. The van der Waals surface area contributed by atoms with E-state index in [9.17, 15) is 8.78 Å². The lowest BCUT2D eigenvalue weighted by Gasteiger charge is -2.08. The monoisotopic (exact) mass is 253 g/mol. The van der Waals surface area contributed by atoms with Crippen LogP contribution in [0.2, 0.25) is 0 Å². The first-order chi connectivity index (χ1) is 8.72. The molecule has 5 heteroatoms. The Balaban J connectivity index is 2.16. The average Bonchev–Trinajstić information content (AvgIpc) is 2.79. The van der Waals surface area contributed by atoms with Crippen LogP contribution in [-0.4, -0.2) is 15.9 Å². The summed E-state index contributed by atoms with van der Waals surface area (Å²) in [5, 5.41) is 3.25. The van der Waals surface area contributed by atoms with Crippen LogP contribution >= 0.6 is 0 Å². The first kappa shape index (κ1) is 12.8. The van der Waals surface area contributed by atoms with Crippen LogP contribution in [0, 0.1) is 0 Å². The van der Waals surface area contributed by atoms with E-state index < -0.39 is 6.43 Å². The number of halogens is 2. The summed E-state index contributed by atoms with van der Waals surface area (Å²) in [5.74, 6) is 0.808. The number of fused-ring (bicyclic) bond motifs is 1. The zero-order chi connectivity index (χ0) is 13.0. The second kappa shape index (κ2) is 5.80. The Morgan fingerprint density at radius 2 is 2.17 bits per heavy atom. The van der Waals surface area contributed by atoms with Crippen LogP contribution in [0.1, 0.15) is 38.3 Å². The molecule has 2 aromatic rings. The summed E-state index contributed by atoms with van der Waals surface area (Å²) in [7, 11) is 0. The third kappa shape index (κ3) is 2.78. The normalized spacial score (nSPS) is 11.3. The van der Waals surface area contributed by atoms with Crippen molar-refractivity contribution in [3.63, 3.8) is 0 Å². The predicted octanol–water partition coefficient (Wildman–Crippen LogP) is 3.87. The van der Waals surface area contributed by atoms with E-state index in [0.717, 1.165) is 31.6 Å². The molecule has 0 unspecified atom stereocenters. The van der Waals surface area contributed by atoms with E-state index in [4.69, 9.17) is 0 Å². The SMILES string of the molecule is CCCCCNc1cccc2nc(C(F)F)cn12. The highest BCUT2D eigenvalue weighted by atomic mass is 19.3. The zero-order valence-corrected chi connectivity index (χ0v) is 10.4. The van der Waals surface area contributed by atoms with Crippen molar-refractivity contribution in [1.82, 2.24) is 9.38 Å². The molecule has 0 radical (unpaired) electrons. The minimum atomic E-state index is -2.53. The molecule has 0 aromatic carbocycles. The molecule has 0 amide bonds. The van der Waals surface area contributed by atoms with Crippen LogP contribution in [0.15, 0.2) is 24.4 Å². The van der Waals surface area contributed by atoms with Gasteiger partial charge in [-0.25, -0.2) is 13.8 Å². The number of nitrogens with one attached hydrogen (secondary N) is 1. The molecule has 0 spiro atoms. The summed E-state index contributed by atoms with van der Waals surface area (Å²) in [5.41, 5.74) is 0.364. The van der Waals surface area contributed by atoms with Gasteiger partial charge in [0.2, 0.25) is 0 Å². The Bertz CT molecular complexity index is 508. The number of hydrogen-bond donors (Lipinski definition) is 1. The molecular formula is C13H17F2N3. The van der Waals surface area contributed by atoms with Crippen LogP contribution in [0.5, 0.6) is 0 Å². The average molecular weight is 253 g/mol. The Kier molecular flexibility index (Phi) is 4.12. The van der Waals surface area contributed by atoms with Gasteiger partial charge in [-0.3, -0.25) is 4.40 Å². The number of nitrogens with zero attached hydrogens (tertiary/aromatic N) is 2.